The third-order valence-corrected chi connectivity index (χ3v) is 7.00. The van der Waals surface area contributed by atoms with Crippen LogP contribution >= 0.6 is 34.5 Å². The van der Waals surface area contributed by atoms with E-state index >= 15 is 0 Å². The van der Waals surface area contributed by atoms with Crippen molar-refractivity contribution >= 4 is 61.6 Å². The first-order valence-corrected chi connectivity index (χ1v) is 11.2. The average Bonchev–Trinajstić information content (AvgIpc) is 3.54. The van der Waals surface area contributed by atoms with Crippen LogP contribution in [0.25, 0.3) is 10.2 Å². The minimum atomic E-state index is -0.993. The molecule has 0 saturated heterocycles. The number of ether oxygens (including phenoxy) is 1. The number of carbonyl (C=O) groups is 2. The Morgan fingerprint density at radius 1 is 1.18 bits per heavy atom. The Morgan fingerprint density at radius 2 is 2.00 bits per heavy atom. The molecule has 7 nitrogen and oxygen atoms in total. The van der Waals surface area contributed by atoms with E-state index in [2.05, 4.69) is 4.98 Å². The highest BCUT2D eigenvalue weighted by atomic mass is 35.5. The molecule has 1 aliphatic rings. The summed E-state index contributed by atoms with van der Waals surface area (Å²) in [5.74, 6) is -1.42. The van der Waals surface area contributed by atoms with E-state index in [1.54, 1.807) is 49.6 Å². The van der Waals surface area contributed by atoms with Gasteiger partial charge >= 0.3 is 0 Å². The summed E-state index contributed by atoms with van der Waals surface area (Å²) in [5, 5.41) is 11.7. The number of anilines is 1. The highest BCUT2D eigenvalue weighted by Gasteiger charge is 2.46. The predicted octanol–water partition coefficient (Wildman–Crippen LogP) is 5.99. The summed E-state index contributed by atoms with van der Waals surface area (Å²) in [7, 11) is 1.56. The van der Waals surface area contributed by atoms with Gasteiger partial charge in [-0.1, -0.05) is 40.6 Å². The third kappa shape index (κ3) is 3.56. The second-order valence-corrected chi connectivity index (χ2v) is 8.97. The summed E-state index contributed by atoms with van der Waals surface area (Å²) in [4.78, 5) is 32.3. The van der Waals surface area contributed by atoms with E-state index in [4.69, 9.17) is 32.4 Å². The lowest BCUT2D eigenvalue weighted by Gasteiger charge is -2.24. The van der Waals surface area contributed by atoms with Gasteiger partial charge in [-0.15, -0.1) is 0 Å². The topological polar surface area (TPSA) is 92.9 Å². The summed E-state index contributed by atoms with van der Waals surface area (Å²) >= 11 is 13.6. The largest absolute Gasteiger partial charge is 0.503 e. The number of rotatable bonds is 5. The quantitative estimate of drug-likeness (QED) is 0.338. The van der Waals surface area contributed by atoms with E-state index in [0.717, 1.165) is 4.70 Å². The maximum Gasteiger partial charge on any atom is 0.296 e. The molecule has 0 fully saturated rings. The van der Waals surface area contributed by atoms with Crippen molar-refractivity contribution in [2.45, 2.75) is 6.04 Å². The number of amides is 1. The summed E-state index contributed by atoms with van der Waals surface area (Å²) in [6.45, 7) is 0. The molecule has 33 heavy (non-hydrogen) atoms. The highest BCUT2D eigenvalue weighted by molar-refractivity contribution is 7.22. The van der Waals surface area contributed by atoms with E-state index in [9.17, 15) is 14.7 Å². The van der Waals surface area contributed by atoms with Gasteiger partial charge in [-0.2, -0.15) is 0 Å². The number of carbonyl (C=O) groups excluding carboxylic acids is 2. The Balaban J connectivity index is 1.69. The lowest BCUT2D eigenvalue weighted by Crippen LogP contribution is -2.31. The number of furan rings is 1. The van der Waals surface area contributed by atoms with E-state index in [-0.39, 0.29) is 16.4 Å². The summed E-state index contributed by atoms with van der Waals surface area (Å²) < 4.78 is 11.3. The molecule has 1 amide bonds. The van der Waals surface area contributed by atoms with Gasteiger partial charge in [0, 0.05) is 0 Å². The van der Waals surface area contributed by atoms with Gasteiger partial charge in [-0.25, -0.2) is 4.98 Å². The molecular formula is C23H14Cl2N2O5S. The number of methoxy groups -OCH3 is 1. The van der Waals surface area contributed by atoms with Crippen LogP contribution in [0.4, 0.5) is 5.13 Å². The van der Waals surface area contributed by atoms with Crippen LogP contribution in [0.3, 0.4) is 0 Å². The molecule has 1 atom stereocenters. The molecule has 4 aromatic rings. The van der Waals surface area contributed by atoms with Crippen molar-refractivity contribution in [1.29, 1.82) is 0 Å². The standard InChI is InChI=1S/C23H14Cl2N2O5S/c1-31-12-5-7-15-17(10-12)33-23(26-15)27-19(11-4-6-13(24)14(25)9-11)18(21(29)22(27)30)20(28)16-3-2-8-32-16/h2-10,19,29H,1H3/t19-/m0/s1. The van der Waals surface area contributed by atoms with Crippen molar-refractivity contribution < 1.29 is 23.8 Å². The minimum absolute atomic E-state index is 0.00898. The number of fused-ring (bicyclic) bond motifs is 1. The van der Waals surface area contributed by atoms with Gasteiger partial charge in [0.25, 0.3) is 5.91 Å². The second kappa shape index (κ2) is 8.22. The molecule has 5 rings (SSSR count). The van der Waals surface area contributed by atoms with Gasteiger partial charge in [0.15, 0.2) is 16.7 Å². The molecule has 1 aliphatic heterocycles. The van der Waals surface area contributed by atoms with Crippen LogP contribution in [-0.4, -0.2) is 28.9 Å². The Hall–Kier alpha value is -3.33. The first-order valence-electron chi connectivity index (χ1n) is 9.63. The maximum atomic E-state index is 13.2. The third-order valence-electron chi connectivity index (χ3n) is 5.25. The van der Waals surface area contributed by atoms with E-state index in [1.165, 1.54) is 28.6 Å². The van der Waals surface area contributed by atoms with Crippen LogP contribution < -0.4 is 9.64 Å². The van der Waals surface area contributed by atoms with Crippen LogP contribution in [0.2, 0.25) is 10.0 Å². The zero-order chi connectivity index (χ0) is 23.3. The van der Waals surface area contributed by atoms with Crippen molar-refractivity contribution in [2.24, 2.45) is 0 Å². The number of nitrogens with zero attached hydrogens (tertiary/aromatic N) is 2. The number of Topliss-reactive ketones (excluding diaryl/α,β-unsaturated/α-hetero) is 1. The van der Waals surface area contributed by atoms with E-state index < -0.39 is 23.5 Å². The summed E-state index contributed by atoms with van der Waals surface area (Å²) in [6, 6.07) is 12.1. The van der Waals surface area contributed by atoms with Crippen LogP contribution in [0.1, 0.15) is 22.2 Å². The number of hydrogen-bond donors (Lipinski definition) is 1. The second-order valence-electron chi connectivity index (χ2n) is 7.15. The van der Waals surface area contributed by atoms with E-state index in [0.29, 0.717) is 27.0 Å². The van der Waals surface area contributed by atoms with Gasteiger partial charge in [0.1, 0.15) is 5.75 Å². The predicted molar refractivity (Wildman–Crippen MR) is 126 cm³/mol. The molecule has 166 valence electrons. The number of halogens is 2. The Morgan fingerprint density at radius 3 is 2.70 bits per heavy atom. The SMILES string of the molecule is COc1ccc2nc(N3C(=O)C(O)=C(C(=O)c4ccco4)[C@@H]3c3ccc(Cl)c(Cl)c3)sc2c1. The van der Waals surface area contributed by atoms with Crippen molar-refractivity contribution in [3.8, 4) is 5.75 Å². The number of aliphatic hydroxyl groups is 1. The Bertz CT molecular complexity index is 1440. The molecule has 0 unspecified atom stereocenters. The molecule has 0 saturated carbocycles. The number of ketones is 1. The molecule has 10 heteroatoms. The highest BCUT2D eigenvalue weighted by Crippen LogP contribution is 2.45. The molecule has 2 aromatic heterocycles. The van der Waals surface area contributed by atoms with Crippen LogP contribution in [-0.2, 0) is 4.79 Å². The molecular weight excluding hydrogens is 487 g/mol. The zero-order valence-corrected chi connectivity index (χ0v) is 19.2. The average molecular weight is 501 g/mol. The summed E-state index contributed by atoms with van der Waals surface area (Å²) in [5.41, 5.74) is 0.987. The smallest absolute Gasteiger partial charge is 0.296 e. The maximum absolute atomic E-state index is 13.2. The fraction of sp³-hybridized carbons (Fsp3) is 0.0870. The van der Waals surface area contributed by atoms with Crippen LogP contribution in [0.5, 0.6) is 5.75 Å². The van der Waals surface area contributed by atoms with Gasteiger partial charge in [0.2, 0.25) is 5.78 Å². The first kappa shape index (κ1) is 21.5. The van der Waals surface area contributed by atoms with Crippen molar-refractivity contribution in [3.05, 3.63) is 87.5 Å². The zero-order valence-electron chi connectivity index (χ0n) is 16.9. The molecule has 1 N–H and O–H groups in total. The van der Waals surface area contributed by atoms with Crippen molar-refractivity contribution in [3.63, 3.8) is 0 Å². The Kier molecular flexibility index (Phi) is 5.36. The molecule has 0 aliphatic carbocycles. The summed E-state index contributed by atoms with van der Waals surface area (Å²) in [6.07, 6.45) is 1.34. The Labute approximate surface area is 201 Å². The van der Waals surface area contributed by atoms with Crippen molar-refractivity contribution in [2.75, 3.05) is 12.0 Å². The van der Waals surface area contributed by atoms with Gasteiger partial charge < -0.3 is 14.3 Å². The number of benzene rings is 2. The van der Waals surface area contributed by atoms with Crippen LogP contribution in [0.15, 0.2) is 70.5 Å². The number of thiazole rings is 1. The normalized spacial score (nSPS) is 16.2. The minimum Gasteiger partial charge on any atom is -0.503 e. The van der Waals surface area contributed by atoms with E-state index in [1.807, 2.05) is 0 Å². The monoisotopic (exact) mass is 500 g/mol. The molecule has 0 bridgehead atoms. The van der Waals surface area contributed by atoms with Gasteiger partial charge in [0.05, 0.1) is 45.2 Å². The molecule has 0 spiro atoms. The fourth-order valence-electron chi connectivity index (χ4n) is 3.70. The molecule has 2 aromatic carbocycles. The molecule has 3 heterocycles. The fourth-order valence-corrected chi connectivity index (χ4v) is 5.02. The lowest BCUT2D eigenvalue weighted by molar-refractivity contribution is -0.117. The van der Waals surface area contributed by atoms with Gasteiger partial charge in [-0.3, -0.25) is 14.5 Å². The number of aromatic nitrogens is 1. The lowest BCUT2D eigenvalue weighted by atomic mass is 9.95. The number of hydrogen-bond acceptors (Lipinski definition) is 7. The molecule has 0 radical (unpaired) electrons. The number of aliphatic hydroxyl groups excluding tert-OH is 1. The first-order chi connectivity index (χ1) is 15.9. The van der Waals surface area contributed by atoms with Gasteiger partial charge in [-0.05, 0) is 48.0 Å². The van der Waals surface area contributed by atoms with Crippen LogP contribution in [0, 0.1) is 0 Å². The van der Waals surface area contributed by atoms with Crippen molar-refractivity contribution in [1.82, 2.24) is 4.98 Å².